The Hall–Kier alpha value is -1.77. The maximum Gasteiger partial charge on any atom is 0.0517 e. The van der Waals surface area contributed by atoms with Crippen molar-refractivity contribution < 1.29 is 0 Å². The van der Waals surface area contributed by atoms with Crippen molar-refractivity contribution in [1.29, 1.82) is 0 Å². The van der Waals surface area contributed by atoms with Crippen molar-refractivity contribution in [2.75, 3.05) is 4.90 Å². The summed E-state index contributed by atoms with van der Waals surface area (Å²) >= 11 is 10.1. The van der Waals surface area contributed by atoms with Gasteiger partial charge in [-0.2, -0.15) is 0 Å². The SMILES string of the molecule is CC12CCCCC1(C)N(c1cc(Cl)cc(Br)c1)c1ccc(-c3ccccc3)cc12. The zero-order valence-corrected chi connectivity index (χ0v) is 19.2. The highest BCUT2D eigenvalue weighted by molar-refractivity contribution is 9.10. The van der Waals surface area contributed by atoms with Crippen LogP contribution < -0.4 is 4.90 Å². The van der Waals surface area contributed by atoms with Crippen molar-refractivity contribution in [1.82, 2.24) is 0 Å². The molecule has 3 heteroatoms. The van der Waals surface area contributed by atoms with E-state index in [1.54, 1.807) is 0 Å². The zero-order chi connectivity index (χ0) is 20.2. The smallest absolute Gasteiger partial charge is 0.0517 e. The van der Waals surface area contributed by atoms with E-state index in [0.717, 1.165) is 9.50 Å². The molecular formula is C26H25BrClN. The minimum Gasteiger partial charge on any atom is -0.334 e. The Kier molecular flexibility index (Phi) is 4.56. The first kappa shape index (κ1) is 19.2. The van der Waals surface area contributed by atoms with E-state index in [1.165, 1.54) is 53.7 Å². The van der Waals surface area contributed by atoms with E-state index in [2.05, 4.69) is 95.3 Å². The molecule has 1 nitrogen and oxygen atoms in total. The molecule has 0 aromatic heterocycles. The van der Waals surface area contributed by atoms with Crippen LogP contribution in [-0.2, 0) is 5.41 Å². The predicted molar refractivity (Wildman–Crippen MR) is 127 cm³/mol. The van der Waals surface area contributed by atoms with Crippen LogP contribution in [0.4, 0.5) is 11.4 Å². The summed E-state index contributed by atoms with van der Waals surface area (Å²) in [6.45, 7) is 4.92. The van der Waals surface area contributed by atoms with Crippen molar-refractivity contribution in [3.8, 4) is 11.1 Å². The fraction of sp³-hybridized carbons (Fsp3) is 0.308. The van der Waals surface area contributed by atoms with Gasteiger partial charge in [0.2, 0.25) is 0 Å². The van der Waals surface area contributed by atoms with E-state index in [1.807, 2.05) is 6.07 Å². The lowest BCUT2D eigenvalue weighted by molar-refractivity contribution is 0.195. The number of halogens is 2. The van der Waals surface area contributed by atoms with Crippen molar-refractivity contribution in [3.05, 3.63) is 81.8 Å². The third-order valence-electron chi connectivity index (χ3n) is 7.32. The Labute approximate surface area is 186 Å². The normalized spacial score (nSPS) is 25.6. The standard InChI is InChI=1S/C26H25BrClN/c1-25-12-6-7-13-26(25,2)29(22-16-20(27)15-21(28)17-22)24-11-10-19(14-23(24)25)18-8-4-3-5-9-18/h3-5,8-11,14-17H,6-7,12-13H2,1-2H3. The molecule has 1 saturated carbocycles. The molecule has 29 heavy (non-hydrogen) atoms. The summed E-state index contributed by atoms with van der Waals surface area (Å²) in [5, 5.41) is 0.768. The number of rotatable bonds is 2. The van der Waals surface area contributed by atoms with Gasteiger partial charge in [0.05, 0.1) is 5.54 Å². The summed E-state index contributed by atoms with van der Waals surface area (Å²) < 4.78 is 1.02. The molecule has 0 bridgehead atoms. The van der Waals surface area contributed by atoms with E-state index >= 15 is 0 Å². The lowest BCUT2D eigenvalue weighted by Crippen LogP contribution is -2.54. The van der Waals surface area contributed by atoms with Gasteiger partial charge in [0.1, 0.15) is 0 Å². The summed E-state index contributed by atoms with van der Waals surface area (Å²) in [4.78, 5) is 2.56. The zero-order valence-electron chi connectivity index (χ0n) is 16.9. The number of hydrogen-bond acceptors (Lipinski definition) is 1. The minimum absolute atomic E-state index is 0.0347. The van der Waals surface area contributed by atoms with Crippen molar-refractivity contribution in [2.24, 2.45) is 0 Å². The van der Waals surface area contributed by atoms with Gasteiger partial charge in [-0.3, -0.25) is 0 Å². The molecule has 148 valence electrons. The molecule has 0 saturated heterocycles. The molecule has 2 atom stereocenters. The van der Waals surface area contributed by atoms with Gasteiger partial charge in [-0.25, -0.2) is 0 Å². The van der Waals surface area contributed by atoms with Gasteiger partial charge >= 0.3 is 0 Å². The highest BCUT2D eigenvalue weighted by atomic mass is 79.9. The molecule has 0 amide bonds. The Morgan fingerprint density at radius 3 is 2.38 bits per heavy atom. The number of benzene rings is 3. The number of nitrogens with zero attached hydrogens (tertiary/aromatic N) is 1. The fourth-order valence-corrected chi connectivity index (χ4v) is 6.46. The molecule has 0 N–H and O–H groups in total. The summed E-state index contributed by atoms with van der Waals surface area (Å²) in [6.07, 6.45) is 4.95. The molecule has 0 spiro atoms. The fourth-order valence-electron chi connectivity index (χ4n) is 5.62. The van der Waals surface area contributed by atoms with Crippen LogP contribution in [0.15, 0.2) is 71.2 Å². The van der Waals surface area contributed by atoms with Gasteiger partial charge in [0.15, 0.2) is 0 Å². The van der Waals surface area contributed by atoms with Crippen LogP contribution in [0.2, 0.25) is 5.02 Å². The molecule has 1 aliphatic carbocycles. The summed E-state index contributed by atoms with van der Waals surface area (Å²) in [5.41, 5.74) is 6.69. The molecule has 0 radical (unpaired) electrons. The number of fused-ring (bicyclic) bond motifs is 3. The summed E-state index contributed by atoms with van der Waals surface area (Å²) in [7, 11) is 0. The van der Waals surface area contributed by atoms with Gasteiger partial charge < -0.3 is 4.90 Å². The van der Waals surface area contributed by atoms with E-state index < -0.39 is 0 Å². The van der Waals surface area contributed by atoms with Gasteiger partial charge in [0.25, 0.3) is 0 Å². The first-order valence-electron chi connectivity index (χ1n) is 10.4. The third kappa shape index (κ3) is 2.87. The quantitative estimate of drug-likeness (QED) is 0.366. The van der Waals surface area contributed by atoms with Gasteiger partial charge in [-0.05, 0) is 66.8 Å². The van der Waals surface area contributed by atoms with Crippen molar-refractivity contribution >= 4 is 38.9 Å². The molecule has 2 unspecified atom stereocenters. The second-order valence-electron chi connectivity index (χ2n) is 8.87. The summed E-state index contributed by atoms with van der Waals surface area (Å²) in [5.74, 6) is 0. The first-order valence-corrected chi connectivity index (χ1v) is 11.6. The second kappa shape index (κ2) is 6.89. The molecular weight excluding hydrogens is 442 g/mol. The maximum absolute atomic E-state index is 6.46. The van der Waals surface area contributed by atoms with Gasteiger partial charge in [-0.1, -0.05) is 83.7 Å². The molecule has 1 heterocycles. The van der Waals surface area contributed by atoms with Crippen LogP contribution >= 0.6 is 27.5 Å². The van der Waals surface area contributed by atoms with Gasteiger partial charge in [0, 0.05) is 26.3 Å². The summed E-state index contributed by atoms with van der Waals surface area (Å²) in [6, 6.07) is 24.0. The van der Waals surface area contributed by atoms with Crippen LogP contribution in [0.1, 0.15) is 45.1 Å². The van der Waals surface area contributed by atoms with Crippen LogP contribution in [0, 0.1) is 0 Å². The second-order valence-corrected chi connectivity index (χ2v) is 10.2. The first-order chi connectivity index (χ1) is 13.9. The largest absolute Gasteiger partial charge is 0.334 e. The van der Waals surface area contributed by atoms with Crippen molar-refractivity contribution in [2.45, 2.75) is 50.5 Å². The maximum atomic E-state index is 6.46. The van der Waals surface area contributed by atoms with Crippen LogP contribution in [0.5, 0.6) is 0 Å². The van der Waals surface area contributed by atoms with Crippen LogP contribution in [0.3, 0.4) is 0 Å². The molecule has 2 aliphatic rings. The average Bonchev–Trinajstić information content (AvgIpc) is 2.91. The molecule has 5 rings (SSSR count). The van der Waals surface area contributed by atoms with Crippen molar-refractivity contribution in [3.63, 3.8) is 0 Å². The minimum atomic E-state index is 0.0347. The van der Waals surface area contributed by atoms with Crippen LogP contribution in [-0.4, -0.2) is 5.54 Å². The third-order valence-corrected chi connectivity index (χ3v) is 7.99. The number of hydrogen-bond donors (Lipinski definition) is 0. The monoisotopic (exact) mass is 465 g/mol. The Bertz CT molecular complexity index is 1060. The number of anilines is 2. The molecule has 3 aromatic carbocycles. The van der Waals surface area contributed by atoms with E-state index in [9.17, 15) is 0 Å². The van der Waals surface area contributed by atoms with Crippen LogP contribution in [0.25, 0.3) is 11.1 Å². The Morgan fingerprint density at radius 1 is 0.862 bits per heavy atom. The molecule has 3 aromatic rings. The average molecular weight is 467 g/mol. The Balaban J connectivity index is 1.74. The highest BCUT2D eigenvalue weighted by Crippen LogP contribution is 2.61. The van der Waals surface area contributed by atoms with E-state index in [0.29, 0.717) is 0 Å². The van der Waals surface area contributed by atoms with Gasteiger partial charge in [-0.15, -0.1) is 0 Å². The lowest BCUT2D eigenvalue weighted by atomic mass is 9.61. The highest BCUT2D eigenvalue weighted by Gasteiger charge is 2.57. The molecule has 1 fully saturated rings. The predicted octanol–water partition coefficient (Wildman–Crippen LogP) is 8.51. The Morgan fingerprint density at radius 2 is 1.62 bits per heavy atom. The van der Waals surface area contributed by atoms with E-state index in [4.69, 9.17) is 11.6 Å². The topological polar surface area (TPSA) is 3.24 Å². The lowest BCUT2D eigenvalue weighted by Gasteiger charge is -2.50. The molecule has 1 aliphatic heterocycles. The van der Waals surface area contributed by atoms with E-state index in [-0.39, 0.29) is 11.0 Å².